The van der Waals surface area contributed by atoms with Crippen molar-refractivity contribution < 1.29 is 0 Å². The van der Waals surface area contributed by atoms with Gasteiger partial charge in [0.05, 0.1) is 0 Å². The number of hydrogen-bond acceptors (Lipinski definition) is 0. The molecule has 2 aliphatic carbocycles. The van der Waals surface area contributed by atoms with E-state index in [0.29, 0.717) is 0 Å². The van der Waals surface area contributed by atoms with E-state index in [1.54, 1.807) is 5.57 Å². The van der Waals surface area contributed by atoms with Gasteiger partial charge in [-0.05, 0) is 100 Å². The Bertz CT molecular complexity index is 1300. The van der Waals surface area contributed by atoms with E-state index in [0.717, 1.165) is 6.42 Å². The van der Waals surface area contributed by atoms with E-state index >= 15 is 0 Å². The van der Waals surface area contributed by atoms with Crippen LogP contribution in [0.25, 0.3) is 27.8 Å². The molecule has 0 heterocycles. The van der Waals surface area contributed by atoms with Crippen LogP contribution in [0.2, 0.25) is 0 Å². The van der Waals surface area contributed by atoms with Crippen LogP contribution in [0.1, 0.15) is 87.6 Å². The summed E-state index contributed by atoms with van der Waals surface area (Å²) in [7, 11) is 0. The molecule has 5 rings (SSSR count). The van der Waals surface area contributed by atoms with E-state index in [1.165, 1.54) is 87.7 Å². The molecule has 0 radical (unpaired) electrons. The van der Waals surface area contributed by atoms with Crippen LogP contribution in [0.15, 0.2) is 72.3 Å². The molecule has 3 aromatic carbocycles. The quantitative estimate of drug-likeness (QED) is 0.353. The van der Waals surface area contributed by atoms with Gasteiger partial charge in [-0.3, -0.25) is 0 Å². The maximum atomic E-state index is 2.50. The second-order valence-electron chi connectivity index (χ2n) is 10.8. The van der Waals surface area contributed by atoms with Crippen molar-refractivity contribution in [1.82, 2.24) is 0 Å². The summed E-state index contributed by atoms with van der Waals surface area (Å²) >= 11 is 0. The van der Waals surface area contributed by atoms with Gasteiger partial charge in [0.15, 0.2) is 0 Å². The first kappa shape index (κ1) is 22.9. The van der Waals surface area contributed by atoms with Crippen LogP contribution in [-0.2, 0) is 11.8 Å². The van der Waals surface area contributed by atoms with Crippen LogP contribution < -0.4 is 0 Å². The van der Waals surface area contributed by atoms with Crippen LogP contribution in [-0.4, -0.2) is 0 Å². The van der Waals surface area contributed by atoms with E-state index in [1.807, 2.05) is 0 Å². The Kier molecular flexibility index (Phi) is 6.11. The summed E-state index contributed by atoms with van der Waals surface area (Å²) in [6, 6.07) is 21.2. The second-order valence-corrected chi connectivity index (χ2v) is 10.8. The standard InChI is InChI=1S/C34H38/c1-6-11-24-13-10-15-26(20-24)27-17-18-29-31-22-30(28-16-9-8-14-25(28)12-7-2)23(3)19-32(31)34(4,5)33(29)21-27/h9-10,13,15-22H,6-8,11-12,14H2,1-5H3. The average molecular weight is 447 g/mol. The summed E-state index contributed by atoms with van der Waals surface area (Å²) in [4.78, 5) is 0. The Balaban J connectivity index is 1.62. The van der Waals surface area contributed by atoms with Gasteiger partial charge in [0.25, 0.3) is 0 Å². The van der Waals surface area contributed by atoms with Gasteiger partial charge in [0.2, 0.25) is 0 Å². The number of allylic oxidation sites excluding steroid dienone is 4. The fourth-order valence-corrected chi connectivity index (χ4v) is 6.11. The molecule has 0 saturated carbocycles. The highest BCUT2D eigenvalue weighted by Gasteiger charge is 2.36. The van der Waals surface area contributed by atoms with Crippen LogP contribution >= 0.6 is 0 Å². The van der Waals surface area contributed by atoms with Crippen LogP contribution in [0.3, 0.4) is 0 Å². The second kappa shape index (κ2) is 9.06. The van der Waals surface area contributed by atoms with Gasteiger partial charge in [0.1, 0.15) is 0 Å². The molecule has 2 aliphatic rings. The first-order chi connectivity index (χ1) is 16.4. The molecule has 0 amide bonds. The lowest BCUT2D eigenvalue weighted by molar-refractivity contribution is 0.660. The van der Waals surface area contributed by atoms with E-state index in [-0.39, 0.29) is 5.41 Å². The SMILES string of the molecule is CCCC1=C(c2cc3c(cc2C)C(C)(C)c2cc(-c4cccc(CCC)c4)ccc2-3)C=CCC1. The lowest BCUT2D eigenvalue weighted by Gasteiger charge is -2.24. The van der Waals surface area contributed by atoms with Gasteiger partial charge in [0, 0.05) is 5.41 Å². The largest absolute Gasteiger partial charge is 0.0836 e. The average Bonchev–Trinajstić information content (AvgIpc) is 3.05. The number of rotatable bonds is 6. The van der Waals surface area contributed by atoms with Gasteiger partial charge in [-0.15, -0.1) is 0 Å². The molecule has 0 N–H and O–H groups in total. The van der Waals surface area contributed by atoms with Crippen molar-refractivity contribution in [2.75, 3.05) is 0 Å². The van der Waals surface area contributed by atoms with Gasteiger partial charge in [-0.2, -0.15) is 0 Å². The Morgan fingerprint density at radius 1 is 0.765 bits per heavy atom. The van der Waals surface area contributed by atoms with Gasteiger partial charge < -0.3 is 0 Å². The fourth-order valence-electron chi connectivity index (χ4n) is 6.11. The Morgan fingerprint density at radius 3 is 2.32 bits per heavy atom. The Labute approximate surface area is 206 Å². The Morgan fingerprint density at radius 2 is 1.53 bits per heavy atom. The zero-order valence-corrected chi connectivity index (χ0v) is 21.6. The third-order valence-electron chi connectivity index (χ3n) is 7.94. The zero-order valence-electron chi connectivity index (χ0n) is 21.6. The highest BCUT2D eigenvalue weighted by Crippen LogP contribution is 2.51. The van der Waals surface area contributed by atoms with Crippen LogP contribution in [0, 0.1) is 6.92 Å². The highest BCUT2D eigenvalue weighted by atomic mass is 14.4. The Hall–Kier alpha value is -2.86. The lowest BCUT2D eigenvalue weighted by Crippen LogP contribution is -2.15. The number of aryl methyl sites for hydroxylation is 2. The molecule has 34 heavy (non-hydrogen) atoms. The highest BCUT2D eigenvalue weighted by molar-refractivity contribution is 5.89. The molecular weight excluding hydrogens is 408 g/mol. The summed E-state index contributed by atoms with van der Waals surface area (Å²) < 4.78 is 0. The molecule has 3 aromatic rings. The normalized spacial score (nSPS) is 16.0. The van der Waals surface area contributed by atoms with Gasteiger partial charge >= 0.3 is 0 Å². The molecule has 0 aromatic heterocycles. The van der Waals surface area contributed by atoms with Gasteiger partial charge in [-0.25, -0.2) is 0 Å². The molecule has 174 valence electrons. The van der Waals surface area contributed by atoms with Crippen molar-refractivity contribution in [3.8, 4) is 22.3 Å². The molecule has 0 nitrogen and oxygen atoms in total. The minimum atomic E-state index is 0.00797. The first-order valence-electron chi connectivity index (χ1n) is 13.2. The fraction of sp³-hybridized carbons (Fsp3) is 0.353. The summed E-state index contributed by atoms with van der Waals surface area (Å²) in [5.41, 5.74) is 15.8. The van der Waals surface area contributed by atoms with Crippen LogP contribution in [0.4, 0.5) is 0 Å². The van der Waals surface area contributed by atoms with Crippen molar-refractivity contribution >= 4 is 5.57 Å². The summed E-state index contributed by atoms with van der Waals surface area (Å²) in [6.07, 6.45) is 11.9. The number of benzene rings is 3. The smallest absolute Gasteiger partial charge is 0.0159 e. The predicted molar refractivity (Wildman–Crippen MR) is 148 cm³/mol. The third-order valence-corrected chi connectivity index (χ3v) is 7.94. The maximum Gasteiger partial charge on any atom is 0.0159 e. The molecule has 0 heteroatoms. The molecular formula is C34H38. The monoisotopic (exact) mass is 446 g/mol. The van der Waals surface area contributed by atoms with Crippen LogP contribution in [0.5, 0.6) is 0 Å². The summed E-state index contributed by atoms with van der Waals surface area (Å²) in [6.45, 7) is 11.7. The van der Waals surface area contributed by atoms with Crippen molar-refractivity contribution in [2.45, 2.75) is 78.6 Å². The summed E-state index contributed by atoms with van der Waals surface area (Å²) in [5.74, 6) is 0. The number of fused-ring (bicyclic) bond motifs is 3. The topological polar surface area (TPSA) is 0 Å². The van der Waals surface area contributed by atoms with E-state index < -0.39 is 0 Å². The van der Waals surface area contributed by atoms with E-state index in [2.05, 4.69) is 101 Å². The predicted octanol–water partition coefficient (Wildman–Crippen LogP) is 9.82. The minimum Gasteiger partial charge on any atom is -0.0836 e. The van der Waals surface area contributed by atoms with Crippen molar-refractivity contribution in [2.24, 2.45) is 0 Å². The maximum absolute atomic E-state index is 2.50. The van der Waals surface area contributed by atoms with Crippen molar-refractivity contribution in [3.05, 3.63) is 100 Å². The minimum absolute atomic E-state index is 0.00797. The van der Waals surface area contributed by atoms with E-state index in [9.17, 15) is 0 Å². The molecule has 0 atom stereocenters. The van der Waals surface area contributed by atoms with E-state index in [4.69, 9.17) is 0 Å². The zero-order chi connectivity index (χ0) is 23.9. The lowest BCUT2D eigenvalue weighted by atomic mass is 9.80. The number of hydrogen-bond donors (Lipinski definition) is 0. The summed E-state index contributed by atoms with van der Waals surface area (Å²) in [5, 5.41) is 0. The molecule has 0 aliphatic heterocycles. The van der Waals surface area contributed by atoms with Crippen molar-refractivity contribution in [1.29, 1.82) is 0 Å². The van der Waals surface area contributed by atoms with Crippen molar-refractivity contribution in [3.63, 3.8) is 0 Å². The first-order valence-corrected chi connectivity index (χ1v) is 13.2. The molecule has 0 unspecified atom stereocenters. The molecule has 0 spiro atoms. The molecule has 0 saturated heterocycles. The third kappa shape index (κ3) is 3.88. The molecule has 0 bridgehead atoms. The van der Waals surface area contributed by atoms with Gasteiger partial charge in [-0.1, -0.05) is 101 Å². The molecule has 0 fully saturated rings.